The highest BCUT2D eigenvalue weighted by atomic mass is 16.5. The van der Waals surface area contributed by atoms with E-state index in [4.69, 9.17) is 14.7 Å². The molecule has 0 spiro atoms. The van der Waals surface area contributed by atoms with Gasteiger partial charge in [-0.05, 0) is 48.0 Å². The van der Waals surface area contributed by atoms with E-state index < -0.39 is 0 Å². The molecule has 7 nitrogen and oxygen atoms in total. The van der Waals surface area contributed by atoms with Crippen molar-refractivity contribution >= 4 is 12.1 Å². The largest absolute Gasteiger partial charge is 0.493 e. The van der Waals surface area contributed by atoms with Gasteiger partial charge in [-0.3, -0.25) is 4.79 Å². The molecule has 2 aromatic carbocycles. The van der Waals surface area contributed by atoms with Gasteiger partial charge in [-0.15, -0.1) is 0 Å². The predicted octanol–water partition coefficient (Wildman–Crippen LogP) is 3.15. The minimum Gasteiger partial charge on any atom is -0.493 e. The monoisotopic (exact) mass is 374 g/mol. The highest BCUT2D eigenvalue weighted by Gasteiger charge is 2.11. The van der Waals surface area contributed by atoms with Crippen molar-refractivity contribution in [1.29, 1.82) is 5.26 Å². The third-order valence-electron chi connectivity index (χ3n) is 3.89. The summed E-state index contributed by atoms with van der Waals surface area (Å²) < 4.78 is 12.4. The van der Waals surface area contributed by atoms with E-state index in [1.807, 2.05) is 47.3 Å². The van der Waals surface area contributed by atoms with E-state index >= 15 is 0 Å². The van der Waals surface area contributed by atoms with Gasteiger partial charge in [0.25, 0.3) is 5.91 Å². The highest BCUT2D eigenvalue weighted by Crippen LogP contribution is 2.27. The summed E-state index contributed by atoms with van der Waals surface area (Å²) >= 11 is 0. The van der Waals surface area contributed by atoms with Crippen molar-refractivity contribution < 1.29 is 14.3 Å². The molecular weight excluding hydrogens is 356 g/mol. The van der Waals surface area contributed by atoms with E-state index in [9.17, 15) is 4.79 Å². The number of nitrogens with one attached hydrogen (secondary N) is 1. The molecule has 0 radical (unpaired) electrons. The molecule has 0 aliphatic heterocycles. The van der Waals surface area contributed by atoms with Gasteiger partial charge in [-0.2, -0.15) is 10.4 Å². The molecule has 28 heavy (non-hydrogen) atoms. The lowest BCUT2D eigenvalue weighted by Crippen LogP contribution is -2.19. The van der Waals surface area contributed by atoms with Gasteiger partial charge in [-0.25, -0.2) is 5.43 Å². The molecule has 0 bridgehead atoms. The van der Waals surface area contributed by atoms with Crippen LogP contribution in [0.25, 0.3) is 5.69 Å². The van der Waals surface area contributed by atoms with Crippen LogP contribution in [0.3, 0.4) is 0 Å². The van der Waals surface area contributed by atoms with Gasteiger partial charge in [0.15, 0.2) is 18.1 Å². The molecule has 0 aliphatic carbocycles. The lowest BCUT2D eigenvalue weighted by Gasteiger charge is -2.09. The van der Waals surface area contributed by atoms with Crippen LogP contribution in [-0.4, -0.2) is 30.4 Å². The topological polar surface area (TPSA) is 88.6 Å². The summed E-state index contributed by atoms with van der Waals surface area (Å²) in [4.78, 5) is 12.5. The van der Waals surface area contributed by atoms with Crippen molar-refractivity contribution in [2.75, 3.05) is 13.7 Å². The summed E-state index contributed by atoms with van der Waals surface area (Å²) in [7, 11) is 1.51. The fourth-order valence-corrected chi connectivity index (χ4v) is 2.61. The molecule has 0 unspecified atom stereocenters. The third-order valence-corrected chi connectivity index (χ3v) is 3.89. The maximum absolute atomic E-state index is 12.5. The molecule has 3 rings (SSSR count). The van der Waals surface area contributed by atoms with Crippen molar-refractivity contribution in [3.8, 4) is 23.3 Å². The van der Waals surface area contributed by atoms with Crippen LogP contribution in [0, 0.1) is 11.3 Å². The molecule has 1 amide bonds. The van der Waals surface area contributed by atoms with Gasteiger partial charge < -0.3 is 14.0 Å². The molecule has 0 fully saturated rings. The average molecular weight is 374 g/mol. The number of benzene rings is 2. The number of para-hydroxylation sites is 1. The van der Waals surface area contributed by atoms with Crippen LogP contribution >= 0.6 is 0 Å². The van der Waals surface area contributed by atoms with E-state index in [0.29, 0.717) is 22.6 Å². The van der Waals surface area contributed by atoms with Gasteiger partial charge in [0.1, 0.15) is 6.07 Å². The molecule has 0 saturated carbocycles. The van der Waals surface area contributed by atoms with E-state index in [1.54, 1.807) is 30.3 Å². The lowest BCUT2D eigenvalue weighted by molar-refractivity contribution is 0.0955. The van der Waals surface area contributed by atoms with Crippen LogP contribution in [0.2, 0.25) is 0 Å². The number of ether oxygens (including phenoxy) is 2. The number of methoxy groups -OCH3 is 1. The summed E-state index contributed by atoms with van der Waals surface area (Å²) in [5.41, 5.74) is 4.52. The second-order valence-corrected chi connectivity index (χ2v) is 5.66. The molecule has 0 saturated heterocycles. The molecule has 1 heterocycles. The van der Waals surface area contributed by atoms with Crippen LogP contribution in [0.1, 0.15) is 15.9 Å². The van der Waals surface area contributed by atoms with Crippen LogP contribution in [-0.2, 0) is 0 Å². The fourth-order valence-electron chi connectivity index (χ4n) is 2.61. The first-order valence-corrected chi connectivity index (χ1v) is 8.46. The zero-order valence-electron chi connectivity index (χ0n) is 15.2. The zero-order chi connectivity index (χ0) is 19.8. The predicted molar refractivity (Wildman–Crippen MR) is 105 cm³/mol. The number of rotatable bonds is 7. The molecule has 7 heteroatoms. The first kappa shape index (κ1) is 18.7. The van der Waals surface area contributed by atoms with Gasteiger partial charge in [0.2, 0.25) is 0 Å². The van der Waals surface area contributed by atoms with Gasteiger partial charge >= 0.3 is 0 Å². The molecule has 140 valence electrons. The molecular formula is C21H18N4O3. The van der Waals surface area contributed by atoms with E-state index in [-0.39, 0.29) is 12.5 Å². The maximum atomic E-state index is 12.5. The van der Waals surface area contributed by atoms with Crippen LogP contribution in [0.15, 0.2) is 72.1 Å². The second kappa shape index (κ2) is 9.05. The van der Waals surface area contributed by atoms with E-state index in [0.717, 1.165) is 5.69 Å². The normalized spacial score (nSPS) is 10.4. The lowest BCUT2D eigenvalue weighted by atomic mass is 10.1. The van der Waals surface area contributed by atoms with Crippen molar-refractivity contribution in [1.82, 2.24) is 9.99 Å². The SMILES string of the molecule is COc1cc(C=NNC(=O)c2ccccc2-n2cccc2)ccc1OCC#N. The Kier molecular flexibility index (Phi) is 6.06. The van der Waals surface area contributed by atoms with Gasteiger partial charge in [0, 0.05) is 12.4 Å². The van der Waals surface area contributed by atoms with Crippen LogP contribution < -0.4 is 14.9 Å². The summed E-state index contributed by atoms with van der Waals surface area (Å²) in [6, 6.07) is 18.1. The molecule has 3 aromatic rings. The Balaban J connectivity index is 1.72. The van der Waals surface area contributed by atoms with E-state index in [2.05, 4.69) is 10.5 Å². The van der Waals surface area contributed by atoms with Crippen LogP contribution in [0.4, 0.5) is 0 Å². The summed E-state index contributed by atoms with van der Waals surface area (Å²) in [5.74, 6) is 0.621. The average Bonchev–Trinajstić information content (AvgIpc) is 3.27. The summed E-state index contributed by atoms with van der Waals surface area (Å²) in [6.45, 7) is -0.0688. The smallest absolute Gasteiger partial charge is 0.273 e. The molecule has 1 N–H and O–H groups in total. The van der Waals surface area contributed by atoms with Gasteiger partial charge in [-0.1, -0.05) is 12.1 Å². The number of hydrogen-bond donors (Lipinski definition) is 1. The Morgan fingerprint density at radius 2 is 1.96 bits per heavy atom. The van der Waals surface area contributed by atoms with Crippen molar-refractivity contribution in [2.45, 2.75) is 0 Å². The zero-order valence-corrected chi connectivity index (χ0v) is 15.2. The number of nitrogens with zero attached hydrogens (tertiary/aromatic N) is 3. The number of hydrazone groups is 1. The third kappa shape index (κ3) is 4.37. The van der Waals surface area contributed by atoms with Crippen LogP contribution in [0.5, 0.6) is 11.5 Å². The highest BCUT2D eigenvalue weighted by molar-refractivity contribution is 5.98. The number of carbonyl (C=O) groups is 1. The number of nitriles is 1. The Morgan fingerprint density at radius 3 is 2.71 bits per heavy atom. The van der Waals surface area contributed by atoms with Crippen molar-refractivity contribution in [2.24, 2.45) is 5.10 Å². The first-order chi connectivity index (χ1) is 13.7. The number of carbonyl (C=O) groups excluding carboxylic acids is 1. The minimum absolute atomic E-state index is 0.0688. The second-order valence-electron chi connectivity index (χ2n) is 5.66. The summed E-state index contributed by atoms with van der Waals surface area (Å²) in [5, 5.41) is 12.6. The number of aromatic nitrogens is 1. The van der Waals surface area contributed by atoms with Crippen molar-refractivity contribution in [3.05, 3.63) is 78.1 Å². The Hall–Kier alpha value is -4.05. The number of amides is 1. The number of hydrogen-bond acceptors (Lipinski definition) is 5. The quantitative estimate of drug-likeness (QED) is 0.508. The Labute approximate surface area is 162 Å². The van der Waals surface area contributed by atoms with Gasteiger partial charge in [0.05, 0.1) is 24.6 Å². The fraction of sp³-hybridized carbons (Fsp3) is 0.0952. The minimum atomic E-state index is -0.318. The van der Waals surface area contributed by atoms with E-state index in [1.165, 1.54) is 13.3 Å². The standard InChI is InChI=1S/C21H18N4O3/c1-27-20-14-16(8-9-19(20)28-13-10-22)15-23-24-21(26)17-6-2-3-7-18(17)25-11-4-5-12-25/h2-9,11-12,14-15H,13H2,1H3,(H,24,26). The maximum Gasteiger partial charge on any atom is 0.273 e. The molecule has 0 atom stereocenters. The molecule has 1 aromatic heterocycles. The Bertz CT molecular complexity index is 1020. The Morgan fingerprint density at radius 1 is 1.18 bits per heavy atom. The summed E-state index contributed by atoms with van der Waals surface area (Å²) in [6.07, 6.45) is 5.25. The molecule has 0 aliphatic rings. The first-order valence-electron chi connectivity index (χ1n) is 8.46. The van der Waals surface area contributed by atoms with Crippen molar-refractivity contribution in [3.63, 3.8) is 0 Å².